The molecule has 0 bridgehead atoms. The Balaban J connectivity index is 1.57. The van der Waals surface area contributed by atoms with Crippen LogP contribution in [0.3, 0.4) is 0 Å². The van der Waals surface area contributed by atoms with Crippen molar-refractivity contribution in [1.82, 2.24) is 0 Å². The molecule has 1 nitrogen and oxygen atoms in total. The van der Waals surface area contributed by atoms with E-state index in [1.807, 2.05) is 0 Å². The second kappa shape index (κ2) is 4.73. The van der Waals surface area contributed by atoms with Gasteiger partial charge in [-0.05, 0) is 57.7 Å². The highest BCUT2D eigenvalue weighted by atomic mass is 14.6. The molecule has 0 aromatic heterocycles. The number of anilines is 1. The van der Waals surface area contributed by atoms with E-state index in [9.17, 15) is 0 Å². The van der Waals surface area contributed by atoms with E-state index in [2.05, 4.69) is 60.7 Å². The third kappa shape index (κ3) is 1.86. The van der Waals surface area contributed by atoms with Crippen molar-refractivity contribution in [3.05, 3.63) is 88.5 Å². The van der Waals surface area contributed by atoms with Crippen molar-refractivity contribution in [3.8, 4) is 11.1 Å². The SMILES string of the molecule is Nc1c(C2Cc3ccccc3C2)ccc2c1Cc1ccccc1-2. The summed E-state index contributed by atoms with van der Waals surface area (Å²) in [5, 5.41) is 0. The van der Waals surface area contributed by atoms with Gasteiger partial charge in [0.1, 0.15) is 0 Å². The zero-order valence-corrected chi connectivity index (χ0v) is 13.0. The van der Waals surface area contributed by atoms with Gasteiger partial charge in [-0.1, -0.05) is 60.7 Å². The number of rotatable bonds is 1. The standard InChI is InChI=1S/C22H19N/c23-22-19(17-11-14-5-1-2-6-15(14)12-17)9-10-20-18-8-4-3-7-16(18)13-21(20)22/h1-10,17H,11-13,23H2. The molecule has 1 heteroatoms. The molecule has 0 aliphatic heterocycles. The Kier molecular flexibility index (Phi) is 2.66. The minimum Gasteiger partial charge on any atom is -0.398 e. The first-order valence-corrected chi connectivity index (χ1v) is 8.37. The molecular weight excluding hydrogens is 278 g/mol. The largest absolute Gasteiger partial charge is 0.398 e. The lowest BCUT2D eigenvalue weighted by Gasteiger charge is -2.16. The van der Waals surface area contributed by atoms with Gasteiger partial charge in [0.05, 0.1) is 0 Å². The zero-order chi connectivity index (χ0) is 15.4. The molecule has 0 saturated heterocycles. The van der Waals surface area contributed by atoms with Crippen molar-refractivity contribution in [2.75, 3.05) is 5.73 Å². The molecule has 0 saturated carbocycles. The third-order valence-electron chi connectivity index (χ3n) is 5.56. The highest BCUT2D eigenvalue weighted by Crippen LogP contribution is 2.44. The number of hydrogen-bond acceptors (Lipinski definition) is 1. The summed E-state index contributed by atoms with van der Waals surface area (Å²) in [5.74, 6) is 0.529. The number of nitrogens with two attached hydrogens (primary N) is 1. The molecule has 3 aromatic rings. The van der Waals surface area contributed by atoms with Crippen molar-refractivity contribution in [2.45, 2.75) is 25.2 Å². The highest BCUT2D eigenvalue weighted by Gasteiger charge is 2.27. The Hall–Kier alpha value is -2.54. The van der Waals surface area contributed by atoms with Crippen LogP contribution in [-0.2, 0) is 19.3 Å². The summed E-state index contributed by atoms with van der Waals surface area (Å²) in [7, 11) is 0. The fraction of sp³-hybridized carbons (Fsp3) is 0.182. The molecule has 2 aliphatic rings. The van der Waals surface area contributed by atoms with Crippen LogP contribution in [0.1, 0.15) is 33.7 Å². The van der Waals surface area contributed by atoms with Gasteiger partial charge in [0.25, 0.3) is 0 Å². The van der Waals surface area contributed by atoms with Gasteiger partial charge in [0.15, 0.2) is 0 Å². The Morgan fingerprint density at radius 3 is 2.09 bits per heavy atom. The molecule has 0 radical (unpaired) electrons. The van der Waals surface area contributed by atoms with Crippen LogP contribution in [0.15, 0.2) is 60.7 Å². The fourth-order valence-electron chi connectivity index (χ4n) is 4.39. The minimum absolute atomic E-state index is 0.529. The van der Waals surface area contributed by atoms with E-state index in [4.69, 9.17) is 5.73 Å². The molecule has 2 aliphatic carbocycles. The van der Waals surface area contributed by atoms with E-state index < -0.39 is 0 Å². The molecule has 2 N–H and O–H groups in total. The molecule has 0 fully saturated rings. The van der Waals surface area contributed by atoms with E-state index in [1.54, 1.807) is 0 Å². The van der Waals surface area contributed by atoms with Gasteiger partial charge in [-0.2, -0.15) is 0 Å². The van der Waals surface area contributed by atoms with Crippen LogP contribution in [0, 0.1) is 0 Å². The summed E-state index contributed by atoms with van der Waals surface area (Å²) >= 11 is 0. The van der Waals surface area contributed by atoms with Crippen LogP contribution in [0.2, 0.25) is 0 Å². The number of benzene rings is 3. The van der Waals surface area contributed by atoms with Crippen molar-refractivity contribution < 1.29 is 0 Å². The maximum atomic E-state index is 6.63. The van der Waals surface area contributed by atoms with Crippen LogP contribution in [0.4, 0.5) is 5.69 Å². The van der Waals surface area contributed by atoms with Crippen molar-refractivity contribution in [1.29, 1.82) is 0 Å². The molecular formula is C22H19N. The van der Waals surface area contributed by atoms with E-state index in [1.165, 1.54) is 38.9 Å². The predicted octanol–water partition coefficient (Wildman–Crippen LogP) is 4.72. The summed E-state index contributed by atoms with van der Waals surface area (Å²) in [4.78, 5) is 0. The second-order valence-electron chi connectivity index (χ2n) is 6.80. The van der Waals surface area contributed by atoms with Gasteiger partial charge in [-0.3, -0.25) is 0 Å². The topological polar surface area (TPSA) is 26.0 Å². The van der Waals surface area contributed by atoms with Gasteiger partial charge >= 0.3 is 0 Å². The van der Waals surface area contributed by atoms with Gasteiger partial charge in [0, 0.05) is 12.1 Å². The van der Waals surface area contributed by atoms with Crippen LogP contribution >= 0.6 is 0 Å². The summed E-state index contributed by atoms with van der Waals surface area (Å²) < 4.78 is 0. The molecule has 0 heterocycles. The van der Waals surface area contributed by atoms with E-state index in [0.717, 1.165) is 24.9 Å². The Labute approximate surface area is 136 Å². The van der Waals surface area contributed by atoms with Crippen molar-refractivity contribution in [3.63, 3.8) is 0 Å². The molecule has 0 spiro atoms. The van der Waals surface area contributed by atoms with E-state index in [0.29, 0.717) is 5.92 Å². The lowest BCUT2D eigenvalue weighted by Crippen LogP contribution is -2.05. The van der Waals surface area contributed by atoms with Crippen LogP contribution in [0.5, 0.6) is 0 Å². The normalized spacial score (nSPS) is 15.3. The van der Waals surface area contributed by atoms with Gasteiger partial charge in [-0.15, -0.1) is 0 Å². The number of fused-ring (bicyclic) bond motifs is 4. The number of hydrogen-bond donors (Lipinski definition) is 1. The Morgan fingerprint density at radius 2 is 1.35 bits per heavy atom. The molecule has 3 aromatic carbocycles. The lowest BCUT2D eigenvalue weighted by atomic mass is 9.90. The minimum atomic E-state index is 0.529. The van der Waals surface area contributed by atoms with Gasteiger partial charge < -0.3 is 5.73 Å². The zero-order valence-electron chi connectivity index (χ0n) is 13.0. The third-order valence-corrected chi connectivity index (χ3v) is 5.56. The number of nitrogen functional groups attached to an aromatic ring is 1. The predicted molar refractivity (Wildman–Crippen MR) is 95.7 cm³/mol. The van der Waals surface area contributed by atoms with Crippen LogP contribution < -0.4 is 5.73 Å². The monoisotopic (exact) mass is 297 g/mol. The average Bonchev–Trinajstić information content (AvgIpc) is 3.16. The smallest absolute Gasteiger partial charge is 0.0391 e. The molecule has 5 rings (SSSR count). The lowest BCUT2D eigenvalue weighted by molar-refractivity contribution is 0.743. The first kappa shape index (κ1) is 13.0. The summed E-state index contributed by atoms with van der Waals surface area (Å²) in [5.41, 5.74) is 17.4. The molecule has 0 unspecified atom stereocenters. The molecule has 0 atom stereocenters. The van der Waals surface area contributed by atoms with Gasteiger partial charge in [-0.25, -0.2) is 0 Å². The van der Waals surface area contributed by atoms with Crippen molar-refractivity contribution >= 4 is 5.69 Å². The molecule has 0 amide bonds. The van der Waals surface area contributed by atoms with Crippen molar-refractivity contribution in [2.24, 2.45) is 0 Å². The Bertz CT molecular complexity index is 898. The average molecular weight is 297 g/mol. The van der Waals surface area contributed by atoms with Crippen LogP contribution in [0.25, 0.3) is 11.1 Å². The first-order valence-electron chi connectivity index (χ1n) is 8.37. The fourth-order valence-corrected chi connectivity index (χ4v) is 4.39. The first-order chi connectivity index (χ1) is 11.3. The Morgan fingerprint density at radius 1 is 0.696 bits per heavy atom. The maximum Gasteiger partial charge on any atom is 0.0391 e. The summed E-state index contributed by atoms with van der Waals surface area (Å²) in [6.45, 7) is 0. The van der Waals surface area contributed by atoms with E-state index in [-0.39, 0.29) is 0 Å². The van der Waals surface area contributed by atoms with Crippen LogP contribution in [-0.4, -0.2) is 0 Å². The molecule has 112 valence electrons. The second-order valence-corrected chi connectivity index (χ2v) is 6.80. The van der Waals surface area contributed by atoms with Gasteiger partial charge in [0.2, 0.25) is 0 Å². The molecule has 23 heavy (non-hydrogen) atoms. The maximum absolute atomic E-state index is 6.63. The summed E-state index contributed by atoms with van der Waals surface area (Å²) in [6, 6.07) is 22.0. The van der Waals surface area contributed by atoms with E-state index >= 15 is 0 Å². The highest BCUT2D eigenvalue weighted by molar-refractivity contribution is 5.82. The quantitative estimate of drug-likeness (QED) is 0.505. The summed E-state index contributed by atoms with van der Waals surface area (Å²) in [6.07, 6.45) is 3.21.